The van der Waals surface area contributed by atoms with Gasteiger partial charge in [-0.3, -0.25) is 4.98 Å². The van der Waals surface area contributed by atoms with E-state index in [-0.39, 0.29) is 0 Å². The molecule has 0 aliphatic heterocycles. The lowest BCUT2D eigenvalue weighted by Crippen LogP contribution is -1.92. The van der Waals surface area contributed by atoms with Gasteiger partial charge in [0, 0.05) is 36.3 Å². The first-order valence-electron chi connectivity index (χ1n) is 6.72. The van der Waals surface area contributed by atoms with Crippen LogP contribution in [0.5, 0.6) is 0 Å². The first kappa shape index (κ1) is 13.3. The molecule has 0 bridgehead atoms. The van der Waals surface area contributed by atoms with Crippen LogP contribution in [-0.4, -0.2) is 22.2 Å². The normalized spacial score (nSPS) is 10.6. The van der Waals surface area contributed by atoms with Crippen LogP contribution in [0, 0.1) is 13.8 Å². The fraction of sp³-hybridized carbons (Fsp3) is 0.188. The fourth-order valence-electron chi connectivity index (χ4n) is 2.17. The predicted octanol–water partition coefficient (Wildman–Crippen LogP) is 3.46. The second-order valence-electron chi connectivity index (χ2n) is 4.89. The van der Waals surface area contributed by atoms with Crippen LogP contribution in [0.2, 0.25) is 0 Å². The number of nitrogens with one attached hydrogen (secondary N) is 1. The highest BCUT2D eigenvalue weighted by molar-refractivity contribution is 5.66. The van der Waals surface area contributed by atoms with Crippen molar-refractivity contribution in [1.29, 1.82) is 0 Å². The molecule has 0 aliphatic rings. The zero-order chi connectivity index (χ0) is 14.8. The van der Waals surface area contributed by atoms with Crippen molar-refractivity contribution in [1.82, 2.24) is 15.1 Å². The van der Waals surface area contributed by atoms with Crippen LogP contribution in [0.4, 0.5) is 5.69 Å². The Morgan fingerprint density at radius 1 is 1.10 bits per heavy atom. The van der Waals surface area contributed by atoms with Crippen LogP contribution >= 0.6 is 0 Å². The number of pyridine rings is 1. The van der Waals surface area contributed by atoms with E-state index in [1.807, 2.05) is 45.2 Å². The molecule has 0 atom stereocenters. The van der Waals surface area contributed by atoms with Crippen LogP contribution in [0.15, 0.2) is 41.2 Å². The maximum absolute atomic E-state index is 5.38. The zero-order valence-corrected chi connectivity index (χ0v) is 12.2. The van der Waals surface area contributed by atoms with E-state index in [4.69, 9.17) is 4.52 Å². The van der Waals surface area contributed by atoms with Crippen molar-refractivity contribution in [2.45, 2.75) is 13.8 Å². The molecule has 3 aromatic rings. The lowest BCUT2D eigenvalue weighted by Gasteiger charge is -2.05. The monoisotopic (exact) mass is 280 g/mol. The van der Waals surface area contributed by atoms with Gasteiger partial charge in [-0.2, -0.15) is 4.98 Å². The molecule has 0 radical (unpaired) electrons. The second kappa shape index (κ2) is 5.36. The van der Waals surface area contributed by atoms with E-state index < -0.39 is 0 Å². The molecule has 2 heterocycles. The van der Waals surface area contributed by atoms with Gasteiger partial charge in [0.1, 0.15) is 0 Å². The molecule has 0 amide bonds. The molecule has 1 aromatic carbocycles. The molecule has 2 aromatic heterocycles. The van der Waals surface area contributed by atoms with Crippen LogP contribution in [0.25, 0.3) is 22.8 Å². The first-order valence-corrected chi connectivity index (χ1v) is 6.72. The molecule has 5 heteroatoms. The van der Waals surface area contributed by atoms with Crippen molar-refractivity contribution in [2.24, 2.45) is 0 Å². The van der Waals surface area contributed by atoms with Crippen molar-refractivity contribution in [3.8, 4) is 22.8 Å². The molecule has 1 N–H and O–H groups in total. The van der Waals surface area contributed by atoms with Crippen molar-refractivity contribution in [3.63, 3.8) is 0 Å². The summed E-state index contributed by atoms with van der Waals surface area (Å²) in [7, 11) is 1.89. The maximum Gasteiger partial charge on any atom is 0.258 e. The van der Waals surface area contributed by atoms with E-state index in [0.29, 0.717) is 11.7 Å². The Morgan fingerprint density at radius 3 is 2.71 bits per heavy atom. The third kappa shape index (κ3) is 2.50. The number of benzene rings is 1. The van der Waals surface area contributed by atoms with Crippen molar-refractivity contribution < 1.29 is 4.52 Å². The number of hydrogen-bond acceptors (Lipinski definition) is 5. The molecule has 0 unspecified atom stereocenters. The standard InChI is InChI=1S/C16H16N4O/c1-10-6-7-18-9-13(10)15-19-16(21-20-15)12-5-4-11(2)14(8-12)17-3/h4-9,17H,1-3H3. The Kier molecular flexibility index (Phi) is 3.39. The molecular formula is C16H16N4O. The maximum atomic E-state index is 5.38. The average Bonchev–Trinajstić information content (AvgIpc) is 2.98. The average molecular weight is 280 g/mol. The molecule has 21 heavy (non-hydrogen) atoms. The summed E-state index contributed by atoms with van der Waals surface area (Å²) in [6, 6.07) is 7.93. The van der Waals surface area contributed by atoms with E-state index in [1.54, 1.807) is 12.4 Å². The minimum Gasteiger partial charge on any atom is -0.388 e. The summed E-state index contributed by atoms with van der Waals surface area (Å²) in [6.07, 6.45) is 3.50. The van der Waals surface area contributed by atoms with Crippen LogP contribution in [-0.2, 0) is 0 Å². The minimum atomic E-state index is 0.504. The molecule has 0 fully saturated rings. The van der Waals surface area contributed by atoms with Gasteiger partial charge in [-0.15, -0.1) is 0 Å². The highest BCUT2D eigenvalue weighted by Gasteiger charge is 2.13. The summed E-state index contributed by atoms with van der Waals surface area (Å²) in [4.78, 5) is 8.58. The van der Waals surface area contributed by atoms with E-state index in [0.717, 1.165) is 22.4 Å². The Morgan fingerprint density at radius 2 is 1.95 bits per heavy atom. The molecular weight excluding hydrogens is 264 g/mol. The Hall–Kier alpha value is -2.69. The number of nitrogens with zero attached hydrogens (tertiary/aromatic N) is 3. The zero-order valence-electron chi connectivity index (χ0n) is 12.2. The number of anilines is 1. The highest BCUT2D eigenvalue weighted by atomic mass is 16.5. The predicted molar refractivity (Wildman–Crippen MR) is 82.0 cm³/mol. The molecule has 0 aliphatic carbocycles. The summed E-state index contributed by atoms with van der Waals surface area (Å²) >= 11 is 0. The van der Waals surface area contributed by atoms with E-state index in [9.17, 15) is 0 Å². The summed E-state index contributed by atoms with van der Waals surface area (Å²) in [5.74, 6) is 1.06. The van der Waals surface area contributed by atoms with Gasteiger partial charge in [-0.1, -0.05) is 11.2 Å². The quantitative estimate of drug-likeness (QED) is 0.796. The topological polar surface area (TPSA) is 63.8 Å². The highest BCUT2D eigenvalue weighted by Crippen LogP contribution is 2.26. The van der Waals surface area contributed by atoms with E-state index in [2.05, 4.69) is 20.4 Å². The van der Waals surface area contributed by atoms with Crippen molar-refractivity contribution in [3.05, 3.63) is 47.8 Å². The lowest BCUT2D eigenvalue weighted by atomic mass is 10.1. The van der Waals surface area contributed by atoms with E-state index >= 15 is 0 Å². The van der Waals surface area contributed by atoms with Gasteiger partial charge >= 0.3 is 0 Å². The van der Waals surface area contributed by atoms with Gasteiger partial charge in [-0.25, -0.2) is 0 Å². The number of aromatic nitrogens is 3. The van der Waals surface area contributed by atoms with Gasteiger partial charge in [0.15, 0.2) is 0 Å². The largest absolute Gasteiger partial charge is 0.388 e. The molecule has 0 spiro atoms. The van der Waals surface area contributed by atoms with Crippen LogP contribution in [0.3, 0.4) is 0 Å². The van der Waals surface area contributed by atoms with Crippen molar-refractivity contribution >= 4 is 5.69 Å². The molecule has 0 saturated carbocycles. The van der Waals surface area contributed by atoms with Gasteiger partial charge < -0.3 is 9.84 Å². The number of hydrogen-bond donors (Lipinski definition) is 1. The summed E-state index contributed by atoms with van der Waals surface area (Å²) in [5, 5.41) is 7.21. The van der Waals surface area contributed by atoms with Gasteiger partial charge in [0.2, 0.25) is 5.82 Å². The Balaban J connectivity index is 2.01. The Bertz CT molecular complexity index is 779. The summed E-state index contributed by atoms with van der Waals surface area (Å²) in [5.41, 5.74) is 5.06. The second-order valence-corrected chi connectivity index (χ2v) is 4.89. The molecule has 0 saturated heterocycles. The summed E-state index contributed by atoms with van der Waals surface area (Å²) in [6.45, 7) is 4.05. The lowest BCUT2D eigenvalue weighted by molar-refractivity contribution is 0.432. The first-order chi connectivity index (χ1) is 10.2. The van der Waals surface area contributed by atoms with Gasteiger partial charge in [-0.05, 0) is 43.2 Å². The van der Waals surface area contributed by atoms with Crippen LogP contribution < -0.4 is 5.32 Å². The molecule has 106 valence electrons. The summed E-state index contributed by atoms with van der Waals surface area (Å²) < 4.78 is 5.38. The van der Waals surface area contributed by atoms with Gasteiger partial charge in [0.05, 0.1) is 0 Å². The minimum absolute atomic E-state index is 0.504. The molecule has 3 rings (SSSR count). The van der Waals surface area contributed by atoms with E-state index in [1.165, 1.54) is 5.56 Å². The van der Waals surface area contributed by atoms with Crippen LogP contribution in [0.1, 0.15) is 11.1 Å². The smallest absolute Gasteiger partial charge is 0.258 e. The fourth-order valence-corrected chi connectivity index (χ4v) is 2.17. The molecule has 5 nitrogen and oxygen atoms in total. The third-order valence-corrected chi connectivity index (χ3v) is 3.46. The third-order valence-electron chi connectivity index (χ3n) is 3.46. The Labute approximate surface area is 123 Å². The number of rotatable bonds is 3. The van der Waals surface area contributed by atoms with Crippen molar-refractivity contribution in [2.75, 3.05) is 12.4 Å². The SMILES string of the molecule is CNc1cc(-c2nc(-c3cnccc3C)no2)ccc1C. The van der Waals surface area contributed by atoms with Gasteiger partial charge in [0.25, 0.3) is 5.89 Å². The number of aryl methyl sites for hydroxylation is 2.